The molecule has 4 rings (SSSR count). The number of piperazine rings is 1. The van der Waals surface area contributed by atoms with Crippen LogP contribution in [0.4, 0.5) is 10.7 Å². The van der Waals surface area contributed by atoms with Crippen LogP contribution in [0.1, 0.15) is 17.3 Å². The van der Waals surface area contributed by atoms with Crippen LogP contribution < -0.4 is 10.6 Å². The minimum absolute atomic E-state index is 0.00220. The van der Waals surface area contributed by atoms with Gasteiger partial charge in [-0.1, -0.05) is 30.8 Å². The van der Waals surface area contributed by atoms with Gasteiger partial charge in [0.15, 0.2) is 5.37 Å². The van der Waals surface area contributed by atoms with Crippen molar-refractivity contribution in [1.82, 2.24) is 9.80 Å². The van der Waals surface area contributed by atoms with E-state index in [0.717, 1.165) is 43.3 Å². The van der Waals surface area contributed by atoms with Crippen molar-refractivity contribution in [3.8, 4) is 0 Å². The van der Waals surface area contributed by atoms with Gasteiger partial charge in [0.2, 0.25) is 0 Å². The molecular formula is C19H22N4O2S2. The number of benzene rings is 1. The van der Waals surface area contributed by atoms with Gasteiger partial charge in [-0.2, -0.15) is 0 Å². The zero-order chi connectivity index (χ0) is 18.8. The summed E-state index contributed by atoms with van der Waals surface area (Å²) in [5.41, 5.74) is 1.55. The maximum absolute atomic E-state index is 12.9. The minimum atomic E-state index is -0.388. The molecule has 0 radical (unpaired) electrons. The highest BCUT2D eigenvalue weighted by atomic mass is 32.2. The average Bonchev–Trinajstić information content (AvgIpc) is 3.34. The zero-order valence-corrected chi connectivity index (χ0v) is 16.7. The number of likely N-dealkylation sites (N-methyl/N-ethyl adjacent to an activating group) is 1. The van der Waals surface area contributed by atoms with Crippen molar-refractivity contribution in [3.05, 3.63) is 41.3 Å². The lowest BCUT2D eigenvalue weighted by Gasteiger charge is -2.34. The Kier molecular flexibility index (Phi) is 5.38. The fourth-order valence-corrected chi connectivity index (χ4v) is 5.09. The number of thiophene rings is 1. The molecule has 0 aliphatic carbocycles. The van der Waals surface area contributed by atoms with Gasteiger partial charge in [-0.3, -0.25) is 9.59 Å². The predicted molar refractivity (Wildman–Crippen MR) is 111 cm³/mol. The van der Waals surface area contributed by atoms with Crippen LogP contribution in [0.2, 0.25) is 0 Å². The Balaban J connectivity index is 1.41. The van der Waals surface area contributed by atoms with Crippen LogP contribution in [-0.2, 0) is 4.79 Å². The summed E-state index contributed by atoms with van der Waals surface area (Å²) in [5.74, 6) is -0.138. The van der Waals surface area contributed by atoms with Crippen molar-refractivity contribution in [3.63, 3.8) is 0 Å². The lowest BCUT2D eigenvalue weighted by atomic mass is 10.2. The monoisotopic (exact) mass is 402 g/mol. The third-order valence-electron chi connectivity index (χ3n) is 4.90. The van der Waals surface area contributed by atoms with Crippen LogP contribution in [-0.4, -0.2) is 59.7 Å². The highest BCUT2D eigenvalue weighted by Crippen LogP contribution is 2.38. The van der Waals surface area contributed by atoms with E-state index < -0.39 is 0 Å². The summed E-state index contributed by atoms with van der Waals surface area (Å²) in [7, 11) is 0. The second kappa shape index (κ2) is 7.92. The number of nitrogens with one attached hydrogen (secondary N) is 2. The quantitative estimate of drug-likeness (QED) is 0.823. The summed E-state index contributed by atoms with van der Waals surface area (Å²) >= 11 is 2.88. The highest BCUT2D eigenvalue weighted by molar-refractivity contribution is 8.01. The molecule has 2 N–H and O–H groups in total. The predicted octanol–water partition coefficient (Wildman–Crippen LogP) is 3.01. The number of thioether (sulfide) groups is 1. The topological polar surface area (TPSA) is 64.7 Å². The van der Waals surface area contributed by atoms with E-state index in [2.05, 4.69) is 22.5 Å². The molecule has 6 nitrogen and oxygen atoms in total. The fraction of sp³-hybridized carbons (Fsp3) is 0.368. The molecule has 2 aromatic rings. The number of amides is 2. The second-order valence-corrected chi connectivity index (χ2v) is 8.58. The molecule has 2 aliphatic heterocycles. The van der Waals surface area contributed by atoms with Crippen LogP contribution >= 0.6 is 23.1 Å². The first kappa shape index (κ1) is 18.3. The first-order chi connectivity index (χ1) is 13.2. The van der Waals surface area contributed by atoms with Crippen molar-refractivity contribution >= 4 is 45.6 Å². The van der Waals surface area contributed by atoms with Gasteiger partial charge in [0.1, 0.15) is 5.00 Å². The fourth-order valence-electron chi connectivity index (χ4n) is 3.29. The summed E-state index contributed by atoms with van der Waals surface area (Å²) in [6, 6.07) is 9.67. The smallest absolute Gasteiger partial charge is 0.258 e. The summed E-state index contributed by atoms with van der Waals surface area (Å²) in [4.78, 5) is 30.9. The summed E-state index contributed by atoms with van der Waals surface area (Å²) in [6.45, 7) is 6.40. The number of para-hydroxylation sites is 1. The highest BCUT2D eigenvalue weighted by Gasteiger charge is 2.29. The van der Waals surface area contributed by atoms with Crippen LogP contribution in [0.3, 0.4) is 0 Å². The van der Waals surface area contributed by atoms with Gasteiger partial charge < -0.3 is 20.4 Å². The van der Waals surface area contributed by atoms with Gasteiger partial charge in [0, 0.05) is 36.8 Å². The Morgan fingerprint density at radius 2 is 1.96 bits per heavy atom. The van der Waals surface area contributed by atoms with E-state index in [1.54, 1.807) is 6.07 Å². The number of carbonyl (C=O) groups is 2. The lowest BCUT2D eigenvalue weighted by Crippen LogP contribution is -2.48. The van der Waals surface area contributed by atoms with Crippen molar-refractivity contribution < 1.29 is 9.59 Å². The molecule has 2 amide bonds. The van der Waals surface area contributed by atoms with Crippen molar-refractivity contribution in [2.45, 2.75) is 17.2 Å². The van der Waals surface area contributed by atoms with E-state index in [4.69, 9.17) is 0 Å². The van der Waals surface area contributed by atoms with Crippen LogP contribution in [0, 0.1) is 0 Å². The molecule has 0 spiro atoms. The van der Waals surface area contributed by atoms with Crippen molar-refractivity contribution in [2.24, 2.45) is 0 Å². The van der Waals surface area contributed by atoms with E-state index in [0.29, 0.717) is 10.6 Å². The molecule has 1 saturated heterocycles. The Morgan fingerprint density at radius 1 is 1.19 bits per heavy atom. The third kappa shape index (κ3) is 3.83. The van der Waals surface area contributed by atoms with E-state index in [9.17, 15) is 9.59 Å². The molecule has 2 aliphatic rings. The Morgan fingerprint density at radius 3 is 2.70 bits per heavy atom. The Hall–Kier alpha value is -2.03. The Labute approximate surface area is 166 Å². The lowest BCUT2D eigenvalue weighted by molar-refractivity contribution is -0.115. The van der Waals surface area contributed by atoms with Crippen LogP contribution in [0.25, 0.3) is 0 Å². The SMILES string of the molecule is CCN1CCN(C(=O)c2ccsc2NC(=O)C2Nc3ccccc3S2)CC1. The number of fused-ring (bicyclic) bond motifs is 1. The number of hydrogen-bond donors (Lipinski definition) is 2. The van der Waals surface area contributed by atoms with Gasteiger partial charge in [-0.05, 0) is 30.1 Å². The molecule has 27 heavy (non-hydrogen) atoms. The molecule has 0 saturated carbocycles. The third-order valence-corrected chi connectivity index (χ3v) is 6.90. The van der Waals surface area contributed by atoms with Crippen LogP contribution in [0.15, 0.2) is 40.6 Å². The summed E-state index contributed by atoms with van der Waals surface area (Å²) in [6.07, 6.45) is 0. The molecule has 1 unspecified atom stereocenters. The largest absolute Gasteiger partial charge is 0.364 e. The number of hydrogen-bond acceptors (Lipinski definition) is 6. The maximum Gasteiger partial charge on any atom is 0.258 e. The molecule has 1 atom stereocenters. The molecule has 1 fully saturated rings. The first-order valence-electron chi connectivity index (χ1n) is 9.08. The first-order valence-corrected chi connectivity index (χ1v) is 10.8. The van der Waals surface area contributed by atoms with E-state index in [1.165, 1.54) is 23.1 Å². The van der Waals surface area contributed by atoms with Gasteiger partial charge in [0.25, 0.3) is 11.8 Å². The van der Waals surface area contributed by atoms with E-state index in [1.807, 2.05) is 34.5 Å². The van der Waals surface area contributed by atoms with Crippen LogP contribution in [0.5, 0.6) is 0 Å². The van der Waals surface area contributed by atoms with E-state index >= 15 is 0 Å². The standard InChI is InChI=1S/C19H22N4O2S2/c1-2-22-8-10-23(11-9-22)19(25)13-7-12-26-17(13)21-16(24)18-20-14-5-3-4-6-15(14)27-18/h3-7,12,18,20H,2,8-11H2,1H3,(H,21,24). The summed E-state index contributed by atoms with van der Waals surface area (Å²) in [5, 5.41) is 8.26. The molecule has 8 heteroatoms. The van der Waals surface area contributed by atoms with Crippen molar-refractivity contribution in [1.29, 1.82) is 0 Å². The normalized spacial score (nSPS) is 19.4. The second-order valence-electron chi connectivity index (χ2n) is 6.52. The number of anilines is 2. The molecule has 1 aromatic heterocycles. The molecular weight excluding hydrogens is 380 g/mol. The van der Waals surface area contributed by atoms with Gasteiger partial charge in [-0.15, -0.1) is 11.3 Å². The number of rotatable bonds is 4. The number of nitrogens with zero attached hydrogens (tertiary/aromatic N) is 2. The van der Waals surface area contributed by atoms with E-state index in [-0.39, 0.29) is 17.2 Å². The zero-order valence-electron chi connectivity index (χ0n) is 15.1. The number of carbonyl (C=O) groups excluding carboxylic acids is 2. The van der Waals surface area contributed by atoms with Gasteiger partial charge in [-0.25, -0.2) is 0 Å². The maximum atomic E-state index is 12.9. The average molecular weight is 403 g/mol. The summed E-state index contributed by atoms with van der Waals surface area (Å²) < 4.78 is 0. The molecule has 1 aromatic carbocycles. The molecule has 0 bridgehead atoms. The Bertz CT molecular complexity index is 821. The minimum Gasteiger partial charge on any atom is -0.364 e. The van der Waals surface area contributed by atoms with Gasteiger partial charge >= 0.3 is 0 Å². The molecule has 3 heterocycles. The van der Waals surface area contributed by atoms with Crippen molar-refractivity contribution in [2.75, 3.05) is 43.4 Å². The van der Waals surface area contributed by atoms with Gasteiger partial charge in [0.05, 0.1) is 5.56 Å². The molecule has 142 valence electrons.